The lowest BCUT2D eigenvalue weighted by Gasteiger charge is -2.13. The molecule has 0 atom stereocenters. The van der Waals surface area contributed by atoms with E-state index in [0.717, 1.165) is 5.92 Å². The maximum absolute atomic E-state index is 3.55. The minimum Gasteiger partial charge on any atom is -0.315 e. The topological polar surface area (TPSA) is 12.0 Å². The molecule has 0 aromatic carbocycles. The second-order valence-corrected chi connectivity index (χ2v) is 5.52. The Morgan fingerprint density at radius 2 is 2.08 bits per heavy atom. The molecule has 1 aliphatic rings. The fraction of sp³-hybridized carbons (Fsp3) is 1.00. The molecule has 0 amide bonds. The SMILES string of the molecule is CSC1(CNCCC(C)C)CC1. The number of hydrogen-bond donors (Lipinski definition) is 1. The molecule has 0 spiro atoms. The normalized spacial score (nSPS) is 20.0. The van der Waals surface area contributed by atoms with Gasteiger partial charge in [0.2, 0.25) is 0 Å². The lowest BCUT2D eigenvalue weighted by molar-refractivity contribution is 0.534. The first kappa shape index (κ1) is 10.4. The molecule has 0 radical (unpaired) electrons. The fourth-order valence-corrected chi connectivity index (χ4v) is 2.06. The largest absolute Gasteiger partial charge is 0.315 e. The Hall–Kier alpha value is 0.310. The molecule has 1 saturated carbocycles. The number of nitrogens with one attached hydrogen (secondary N) is 1. The molecule has 72 valence electrons. The third-order valence-corrected chi connectivity index (χ3v) is 4.00. The first-order valence-electron chi connectivity index (χ1n) is 4.94. The first-order valence-corrected chi connectivity index (χ1v) is 6.17. The van der Waals surface area contributed by atoms with Crippen molar-refractivity contribution in [3.05, 3.63) is 0 Å². The van der Waals surface area contributed by atoms with Gasteiger partial charge in [0.15, 0.2) is 0 Å². The molecule has 0 saturated heterocycles. The number of rotatable bonds is 6. The van der Waals surface area contributed by atoms with Crippen LogP contribution in [0.3, 0.4) is 0 Å². The highest BCUT2D eigenvalue weighted by atomic mass is 32.2. The summed E-state index contributed by atoms with van der Waals surface area (Å²) in [5.74, 6) is 0.835. The van der Waals surface area contributed by atoms with Crippen LogP contribution in [0.5, 0.6) is 0 Å². The van der Waals surface area contributed by atoms with Crippen LogP contribution in [0.2, 0.25) is 0 Å². The molecule has 0 aromatic rings. The summed E-state index contributed by atoms with van der Waals surface area (Å²) in [6, 6.07) is 0. The van der Waals surface area contributed by atoms with Crippen molar-refractivity contribution in [3.63, 3.8) is 0 Å². The van der Waals surface area contributed by atoms with Crippen LogP contribution in [-0.4, -0.2) is 24.1 Å². The Balaban J connectivity index is 1.95. The van der Waals surface area contributed by atoms with Gasteiger partial charge in [0.1, 0.15) is 0 Å². The zero-order valence-electron chi connectivity index (χ0n) is 8.52. The molecule has 1 N–H and O–H groups in total. The average Bonchev–Trinajstić information content (AvgIpc) is 2.79. The number of thioether (sulfide) groups is 1. The monoisotopic (exact) mass is 187 g/mol. The van der Waals surface area contributed by atoms with E-state index in [1.165, 1.54) is 32.4 Å². The third kappa shape index (κ3) is 3.36. The van der Waals surface area contributed by atoms with Crippen molar-refractivity contribution in [2.45, 2.75) is 37.9 Å². The van der Waals surface area contributed by atoms with E-state index in [0.29, 0.717) is 4.75 Å². The lowest BCUT2D eigenvalue weighted by atomic mass is 10.1. The van der Waals surface area contributed by atoms with Gasteiger partial charge in [-0.3, -0.25) is 0 Å². The molecule has 12 heavy (non-hydrogen) atoms. The van der Waals surface area contributed by atoms with E-state index in [1.807, 2.05) is 11.8 Å². The molecule has 0 aliphatic heterocycles. The molecule has 0 aromatic heterocycles. The highest BCUT2D eigenvalue weighted by Crippen LogP contribution is 2.46. The van der Waals surface area contributed by atoms with Crippen LogP contribution in [0.25, 0.3) is 0 Å². The van der Waals surface area contributed by atoms with Crippen LogP contribution in [0.1, 0.15) is 33.1 Å². The minimum atomic E-state index is 0.636. The van der Waals surface area contributed by atoms with Crippen molar-refractivity contribution in [3.8, 4) is 0 Å². The zero-order valence-corrected chi connectivity index (χ0v) is 9.34. The van der Waals surface area contributed by atoms with Gasteiger partial charge in [-0.15, -0.1) is 0 Å². The summed E-state index contributed by atoms with van der Waals surface area (Å²) in [6.07, 6.45) is 6.38. The van der Waals surface area contributed by atoms with Crippen LogP contribution < -0.4 is 5.32 Å². The zero-order chi connectivity index (χ0) is 9.03. The van der Waals surface area contributed by atoms with E-state index in [-0.39, 0.29) is 0 Å². The summed E-state index contributed by atoms with van der Waals surface area (Å²) >= 11 is 2.03. The fourth-order valence-electron chi connectivity index (χ4n) is 1.30. The van der Waals surface area contributed by atoms with Crippen molar-refractivity contribution >= 4 is 11.8 Å². The maximum atomic E-state index is 3.55. The van der Waals surface area contributed by atoms with Crippen LogP contribution >= 0.6 is 11.8 Å². The van der Waals surface area contributed by atoms with Gasteiger partial charge in [-0.25, -0.2) is 0 Å². The van der Waals surface area contributed by atoms with Crippen molar-refractivity contribution in [2.24, 2.45) is 5.92 Å². The summed E-state index contributed by atoms with van der Waals surface area (Å²) in [6.45, 7) is 6.98. The summed E-state index contributed by atoms with van der Waals surface area (Å²) in [7, 11) is 0. The Morgan fingerprint density at radius 3 is 2.50 bits per heavy atom. The minimum absolute atomic E-state index is 0.636. The van der Waals surface area contributed by atoms with Gasteiger partial charge >= 0.3 is 0 Å². The summed E-state index contributed by atoms with van der Waals surface area (Å²) in [5.41, 5.74) is 0. The molecular weight excluding hydrogens is 166 g/mol. The van der Waals surface area contributed by atoms with E-state index >= 15 is 0 Å². The molecule has 1 aliphatic carbocycles. The predicted molar refractivity (Wildman–Crippen MR) is 57.8 cm³/mol. The highest BCUT2D eigenvalue weighted by molar-refractivity contribution is 8.00. The van der Waals surface area contributed by atoms with Gasteiger partial charge in [-0.2, -0.15) is 11.8 Å². The highest BCUT2D eigenvalue weighted by Gasteiger charge is 2.41. The molecule has 1 rings (SSSR count). The quantitative estimate of drug-likeness (QED) is 0.641. The Bertz CT molecular complexity index is 130. The summed E-state index contributed by atoms with van der Waals surface area (Å²) in [4.78, 5) is 0. The predicted octanol–water partition coefficient (Wildman–Crippen LogP) is 2.52. The first-order chi connectivity index (χ1) is 5.68. The second-order valence-electron chi connectivity index (χ2n) is 4.25. The third-order valence-electron chi connectivity index (χ3n) is 2.59. The smallest absolute Gasteiger partial charge is 0.0282 e. The van der Waals surface area contributed by atoms with E-state index < -0.39 is 0 Å². The molecule has 1 fully saturated rings. The van der Waals surface area contributed by atoms with Gasteiger partial charge in [0.25, 0.3) is 0 Å². The molecule has 2 heteroatoms. The standard InChI is InChI=1S/C10H21NS/c1-9(2)4-7-11-8-10(12-3)5-6-10/h9,11H,4-8H2,1-3H3. The van der Waals surface area contributed by atoms with E-state index in [1.54, 1.807) is 0 Å². The van der Waals surface area contributed by atoms with Gasteiger partial charge in [-0.1, -0.05) is 13.8 Å². The second kappa shape index (κ2) is 4.52. The Kier molecular flexibility index (Phi) is 3.91. The number of hydrogen-bond acceptors (Lipinski definition) is 2. The van der Waals surface area contributed by atoms with E-state index in [9.17, 15) is 0 Å². The van der Waals surface area contributed by atoms with Crippen LogP contribution in [0.4, 0.5) is 0 Å². The van der Waals surface area contributed by atoms with E-state index in [4.69, 9.17) is 0 Å². The van der Waals surface area contributed by atoms with Gasteiger partial charge < -0.3 is 5.32 Å². The van der Waals surface area contributed by atoms with Crippen molar-refractivity contribution in [1.29, 1.82) is 0 Å². The van der Waals surface area contributed by atoms with Crippen LogP contribution in [-0.2, 0) is 0 Å². The van der Waals surface area contributed by atoms with Crippen LogP contribution in [0.15, 0.2) is 0 Å². The van der Waals surface area contributed by atoms with Crippen LogP contribution in [0, 0.1) is 5.92 Å². The maximum Gasteiger partial charge on any atom is 0.0282 e. The molecule has 1 nitrogen and oxygen atoms in total. The van der Waals surface area contributed by atoms with E-state index in [2.05, 4.69) is 25.4 Å². The van der Waals surface area contributed by atoms with Crippen molar-refractivity contribution < 1.29 is 0 Å². The lowest BCUT2D eigenvalue weighted by Crippen LogP contribution is -2.27. The Labute approximate surface area is 80.7 Å². The van der Waals surface area contributed by atoms with Crippen molar-refractivity contribution in [2.75, 3.05) is 19.3 Å². The Morgan fingerprint density at radius 1 is 1.42 bits per heavy atom. The van der Waals surface area contributed by atoms with Gasteiger partial charge in [-0.05, 0) is 38.0 Å². The van der Waals surface area contributed by atoms with Gasteiger partial charge in [0.05, 0.1) is 0 Å². The molecule has 0 unspecified atom stereocenters. The summed E-state index contributed by atoms with van der Waals surface area (Å²) in [5, 5.41) is 3.55. The van der Waals surface area contributed by atoms with Crippen molar-refractivity contribution in [1.82, 2.24) is 5.32 Å². The molecule has 0 bridgehead atoms. The van der Waals surface area contributed by atoms with Gasteiger partial charge in [0, 0.05) is 11.3 Å². The molecular formula is C10H21NS. The summed E-state index contributed by atoms with van der Waals surface area (Å²) < 4.78 is 0.636. The molecule has 0 heterocycles. The average molecular weight is 187 g/mol.